The number of ketones is 1. The van der Waals surface area contributed by atoms with Gasteiger partial charge in [-0.25, -0.2) is 9.89 Å². The smallest absolute Gasteiger partial charge is 0.293 e. The maximum atomic E-state index is 12.0. The average Bonchev–Trinajstić information content (AvgIpc) is 3.25. The van der Waals surface area contributed by atoms with Gasteiger partial charge in [0, 0.05) is 12.2 Å². The lowest BCUT2D eigenvalue weighted by atomic mass is 10.2. The number of Topliss-reactive ketones (excluding diaryl/α,β-unsaturated/α-hetero) is 1. The van der Waals surface area contributed by atoms with Crippen LogP contribution in [0.5, 0.6) is 0 Å². The van der Waals surface area contributed by atoms with Gasteiger partial charge in [0.05, 0.1) is 11.4 Å². The second-order valence-electron chi connectivity index (χ2n) is 5.24. The molecule has 24 heavy (non-hydrogen) atoms. The topological polar surface area (TPSA) is 67.8 Å². The van der Waals surface area contributed by atoms with Gasteiger partial charge in [0.15, 0.2) is 10.9 Å². The maximum absolute atomic E-state index is 12.0. The van der Waals surface area contributed by atoms with Gasteiger partial charge in [-0.15, -0.1) is 16.4 Å². The molecule has 3 rings (SSSR count). The zero-order valence-electron chi connectivity index (χ0n) is 13.0. The van der Waals surface area contributed by atoms with Crippen LogP contribution in [0, 0.1) is 0 Å². The van der Waals surface area contributed by atoms with Gasteiger partial charge in [0.2, 0.25) is 0 Å². The number of thioether (sulfide) groups is 1. The van der Waals surface area contributed by atoms with Crippen molar-refractivity contribution < 1.29 is 4.79 Å². The number of aromatic amines is 1. The first-order valence-corrected chi connectivity index (χ1v) is 9.49. The number of aromatic nitrogens is 3. The zero-order chi connectivity index (χ0) is 16.8. The molecule has 7 heteroatoms. The first kappa shape index (κ1) is 16.7. The summed E-state index contributed by atoms with van der Waals surface area (Å²) in [6.45, 7) is 0.493. The highest BCUT2D eigenvalue weighted by molar-refractivity contribution is 7.99. The number of carbonyl (C=O) groups excluding carboxylic acids is 1. The fourth-order valence-electron chi connectivity index (χ4n) is 2.28. The van der Waals surface area contributed by atoms with Gasteiger partial charge in [-0.3, -0.25) is 9.36 Å². The van der Waals surface area contributed by atoms with E-state index in [0.29, 0.717) is 18.1 Å². The Kier molecular flexibility index (Phi) is 5.66. The Balaban J connectivity index is 1.54. The van der Waals surface area contributed by atoms with Crippen LogP contribution in [-0.2, 0) is 6.54 Å². The molecule has 1 N–H and O–H groups in total. The van der Waals surface area contributed by atoms with Crippen LogP contribution in [-0.4, -0.2) is 26.3 Å². The van der Waals surface area contributed by atoms with E-state index >= 15 is 0 Å². The normalized spacial score (nSPS) is 10.8. The Morgan fingerprint density at radius 1 is 1.21 bits per heavy atom. The molecule has 0 saturated heterocycles. The van der Waals surface area contributed by atoms with Crippen LogP contribution in [0.4, 0.5) is 0 Å². The summed E-state index contributed by atoms with van der Waals surface area (Å²) in [5.74, 6) is 0.922. The summed E-state index contributed by atoms with van der Waals surface area (Å²) < 4.78 is 1.63. The van der Waals surface area contributed by atoms with Crippen LogP contribution in [0.25, 0.3) is 0 Å². The lowest BCUT2D eigenvalue weighted by molar-refractivity contribution is 0.0986. The number of hydrogen-bond acceptors (Lipinski definition) is 5. The molecule has 0 unspecified atom stereocenters. The fourth-order valence-corrected chi connectivity index (χ4v) is 3.85. The van der Waals surface area contributed by atoms with Gasteiger partial charge in [-0.05, 0) is 23.4 Å². The molecule has 0 spiro atoms. The van der Waals surface area contributed by atoms with Gasteiger partial charge in [0.1, 0.15) is 0 Å². The zero-order valence-corrected chi connectivity index (χ0v) is 14.6. The highest BCUT2D eigenvalue weighted by Gasteiger charge is 2.11. The van der Waals surface area contributed by atoms with Crippen molar-refractivity contribution in [1.82, 2.24) is 14.8 Å². The largest absolute Gasteiger partial charge is 0.344 e. The number of nitrogens with zero attached hydrogens (tertiary/aromatic N) is 2. The first-order chi connectivity index (χ1) is 11.7. The summed E-state index contributed by atoms with van der Waals surface area (Å²) in [4.78, 5) is 24.7. The monoisotopic (exact) mass is 359 g/mol. The van der Waals surface area contributed by atoms with E-state index in [4.69, 9.17) is 0 Å². The molecule has 5 nitrogen and oxygen atoms in total. The van der Waals surface area contributed by atoms with E-state index in [9.17, 15) is 9.59 Å². The van der Waals surface area contributed by atoms with E-state index in [0.717, 1.165) is 22.6 Å². The minimum atomic E-state index is -0.212. The molecule has 2 aromatic heterocycles. The minimum Gasteiger partial charge on any atom is -0.293 e. The highest BCUT2D eigenvalue weighted by Crippen LogP contribution is 2.18. The van der Waals surface area contributed by atoms with E-state index in [1.54, 1.807) is 4.57 Å². The lowest BCUT2D eigenvalue weighted by Crippen LogP contribution is -2.18. The lowest BCUT2D eigenvalue weighted by Gasteiger charge is -2.05. The molecular formula is C17H17N3O2S2. The molecular weight excluding hydrogens is 342 g/mol. The van der Waals surface area contributed by atoms with Crippen LogP contribution in [0.2, 0.25) is 0 Å². The molecule has 0 atom stereocenters. The SMILES string of the molecule is O=C(CCCSc1n[nH]c(=O)n1Cc1ccccc1)c1cccs1. The number of H-pyrrole nitrogens is 1. The van der Waals surface area contributed by atoms with Crippen molar-refractivity contribution in [3.63, 3.8) is 0 Å². The average molecular weight is 359 g/mol. The Morgan fingerprint density at radius 2 is 2.04 bits per heavy atom. The van der Waals surface area contributed by atoms with Crippen molar-refractivity contribution in [2.75, 3.05) is 5.75 Å². The fraction of sp³-hybridized carbons (Fsp3) is 0.235. The van der Waals surface area contributed by atoms with E-state index < -0.39 is 0 Å². The van der Waals surface area contributed by atoms with Crippen LogP contribution >= 0.6 is 23.1 Å². The second-order valence-corrected chi connectivity index (χ2v) is 7.25. The maximum Gasteiger partial charge on any atom is 0.344 e. The van der Waals surface area contributed by atoms with Crippen molar-refractivity contribution in [2.24, 2.45) is 0 Å². The number of rotatable bonds is 8. The highest BCUT2D eigenvalue weighted by atomic mass is 32.2. The van der Waals surface area contributed by atoms with Crippen LogP contribution < -0.4 is 5.69 Å². The third-order valence-corrected chi connectivity index (χ3v) is 5.46. The first-order valence-electron chi connectivity index (χ1n) is 7.62. The molecule has 0 fully saturated rings. The van der Waals surface area contributed by atoms with Crippen molar-refractivity contribution in [3.8, 4) is 0 Å². The van der Waals surface area contributed by atoms with E-state index in [1.807, 2.05) is 47.8 Å². The Labute approximate surface area is 147 Å². The van der Waals surface area contributed by atoms with Gasteiger partial charge in [-0.2, -0.15) is 0 Å². The van der Waals surface area contributed by atoms with Crippen molar-refractivity contribution in [3.05, 3.63) is 68.8 Å². The van der Waals surface area contributed by atoms with E-state index in [-0.39, 0.29) is 11.5 Å². The third kappa shape index (κ3) is 4.24. The molecule has 0 saturated carbocycles. The molecule has 0 aliphatic carbocycles. The molecule has 0 aliphatic rings. The van der Waals surface area contributed by atoms with Gasteiger partial charge < -0.3 is 0 Å². The van der Waals surface area contributed by atoms with Crippen LogP contribution in [0.3, 0.4) is 0 Å². The number of carbonyl (C=O) groups is 1. The van der Waals surface area contributed by atoms with E-state index in [1.165, 1.54) is 23.1 Å². The second kappa shape index (κ2) is 8.12. The summed E-state index contributed by atoms with van der Waals surface area (Å²) in [5, 5.41) is 9.16. The summed E-state index contributed by atoms with van der Waals surface area (Å²) in [6, 6.07) is 13.5. The molecule has 1 aromatic carbocycles. The molecule has 2 heterocycles. The number of hydrogen-bond donors (Lipinski definition) is 1. The number of nitrogens with one attached hydrogen (secondary N) is 1. The van der Waals surface area contributed by atoms with Crippen molar-refractivity contribution >= 4 is 28.9 Å². The van der Waals surface area contributed by atoms with Crippen molar-refractivity contribution in [2.45, 2.75) is 24.5 Å². The molecule has 3 aromatic rings. The van der Waals surface area contributed by atoms with Gasteiger partial charge in [-0.1, -0.05) is 48.2 Å². The quantitative estimate of drug-likeness (QED) is 0.380. The molecule has 0 radical (unpaired) electrons. The van der Waals surface area contributed by atoms with Crippen molar-refractivity contribution in [1.29, 1.82) is 0 Å². The molecule has 0 bridgehead atoms. The third-order valence-electron chi connectivity index (χ3n) is 3.48. The summed E-state index contributed by atoms with van der Waals surface area (Å²) in [6.07, 6.45) is 1.27. The summed E-state index contributed by atoms with van der Waals surface area (Å²) >= 11 is 2.97. The Bertz CT molecular complexity index is 838. The summed E-state index contributed by atoms with van der Waals surface area (Å²) in [5.41, 5.74) is 0.840. The van der Waals surface area contributed by atoms with Gasteiger partial charge in [0.25, 0.3) is 0 Å². The van der Waals surface area contributed by atoms with E-state index in [2.05, 4.69) is 10.2 Å². The predicted molar refractivity (Wildman–Crippen MR) is 97.0 cm³/mol. The Hall–Kier alpha value is -2.12. The standard InChI is InChI=1S/C17H17N3O2S2/c21-14(15-9-5-10-23-15)8-4-11-24-17-19-18-16(22)20(17)12-13-6-2-1-3-7-13/h1-3,5-7,9-10H,4,8,11-12H2,(H,18,22). The Morgan fingerprint density at radius 3 is 2.79 bits per heavy atom. The number of benzene rings is 1. The summed E-state index contributed by atoms with van der Waals surface area (Å²) in [7, 11) is 0. The van der Waals surface area contributed by atoms with Crippen LogP contribution in [0.15, 0.2) is 57.8 Å². The molecule has 0 amide bonds. The minimum absolute atomic E-state index is 0.175. The predicted octanol–water partition coefficient (Wildman–Crippen LogP) is 3.44. The number of thiophene rings is 1. The van der Waals surface area contributed by atoms with Crippen LogP contribution in [0.1, 0.15) is 28.1 Å². The molecule has 0 aliphatic heterocycles. The van der Waals surface area contributed by atoms with Gasteiger partial charge >= 0.3 is 5.69 Å². The molecule has 124 valence electrons.